The molecule has 0 N–H and O–H groups in total. The van der Waals surface area contributed by atoms with Gasteiger partial charge in [0.05, 0.1) is 23.1 Å². The molecular weight excluding hydrogens is 349 g/mol. The molecule has 1 aliphatic carbocycles. The van der Waals surface area contributed by atoms with Crippen LogP contribution in [0, 0.1) is 0 Å². The van der Waals surface area contributed by atoms with E-state index in [0.717, 1.165) is 25.7 Å². The van der Waals surface area contributed by atoms with Crippen LogP contribution in [-0.2, 0) is 9.53 Å². The zero-order valence-electron chi connectivity index (χ0n) is 13.9. The molecule has 1 amide bonds. The van der Waals surface area contributed by atoms with Crippen LogP contribution in [0.2, 0.25) is 10.0 Å². The van der Waals surface area contributed by atoms with Gasteiger partial charge in [0.15, 0.2) is 0 Å². The molecule has 2 rings (SSSR count). The summed E-state index contributed by atoms with van der Waals surface area (Å²) in [7, 11) is 0. The van der Waals surface area contributed by atoms with Crippen LogP contribution in [0.1, 0.15) is 55.8 Å². The van der Waals surface area contributed by atoms with E-state index in [0.29, 0.717) is 28.8 Å². The molecule has 0 atom stereocenters. The van der Waals surface area contributed by atoms with Crippen LogP contribution in [0.3, 0.4) is 0 Å². The summed E-state index contributed by atoms with van der Waals surface area (Å²) in [4.78, 5) is 26.4. The summed E-state index contributed by atoms with van der Waals surface area (Å²) in [6.45, 7) is 2.49. The summed E-state index contributed by atoms with van der Waals surface area (Å²) in [6, 6.07) is 5.06. The Kier molecular flexibility index (Phi) is 7.38. The quantitative estimate of drug-likeness (QED) is 0.679. The second-order valence-corrected chi connectivity index (χ2v) is 6.79. The highest BCUT2D eigenvalue weighted by atomic mass is 35.5. The summed E-state index contributed by atoms with van der Waals surface area (Å²) >= 11 is 12.0. The van der Waals surface area contributed by atoms with Gasteiger partial charge in [-0.25, -0.2) is 0 Å². The second-order valence-electron chi connectivity index (χ2n) is 5.97. The van der Waals surface area contributed by atoms with Gasteiger partial charge < -0.3 is 9.64 Å². The van der Waals surface area contributed by atoms with Crippen LogP contribution < -0.4 is 0 Å². The minimum Gasteiger partial charge on any atom is -0.466 e. The van der Waals surface area contributed by atoms with E-state index in [1.807, 2.05) is 0 Å². The van der Waals surface area contributed by atoms with Crippen molar-refractivity contribution in [1.29, 1.82) is 0 Å². The molecule has 1 aliphatic rings. The number of hydrogen-bond acceptors (Lipinski definition) is 3. The number of rotatable bonds is 6. The maximum atomic E-state index is 13.0. The van der Waals surface area contributed by atoms with Gasteiger partial charge in [-0.15, -0.1) is 0 Å². The molecule has 132 valence electrons. The highest BCUT2D eigenvalue weighted by Gasteiger charge is 2.27. The van der Waals surface area contributed by atoms with E-state index in [9.17, 15) is 9.59 Å². The van der Waals surface area contributed by atoms with E-state index in [1.165, 1.54) is 6.42 Å². The molecule has 0 radical (unpaired) electrons. The molecule has 1 saturated carbocycles. The Bertz CT molecular complexity index is 586. The van der Waals surface area contributed by atoms with Crippen molar-refractivity contribution in [2.24, 2.45) is 0 Å². The molecule has 0 heterocycles. The van der Waals surface area contributed by atoms with Crippen molar-refractivity contribution in [2.45, 2.75) is 51.5 Å². The third-order valence-electron chi connectivity index (χ3n) is 4.31. The average molecular weight is 372 g/mol. The number of amides is 1. The normalized spacial score (nSPS) is 15.1. The monoisotopic (exact) mass is 371 g/mol. The van der Waals surface area contributed by atoms with Gasteiger partial charge in [-0.05, 0) is 38.0 Å². The van der Waals surface area contributed by atoms with Crippen LogP contribution in [-0.4, -0.2) is 36.0 Å². The Balaban J connectivity index is 2.14. The molecule has 0 bridgehead atoms. The van der Waals surface area contributed by atoms with Crippen molar-refractivity contribution in [2.75, 3.05) is 13.2 Å². The Morgan fingerprint density at radius 2 is 1.88 bits per heavy atom. The van der Waals surface area contributed by atoms with Crippen LogP contribution in [0.4, 0.5) is 0 Å². The van der Waals surface area contributed by atoms with Crippen molar-refractivity contribution in [3.05, 3.63) is 33.8 Å². The topological polar surface area (TPSA) is 46.6 Å². The Morgan fingerprint density at radius 3 is 2.50 bits per heavy atom. The number of benzene rings is 1. The first kappa shape index (κ1) is 19.1. The zero-order chi connectivity index (χ0) is 17.5. The van der Waals surface area contributed by atoms with Gasteiger partial charge in [-0.3, -0.25) is 9.59 Å². The molecule has 0 aliphatic heterocycles. The fourth-order valence-corrected chi connectivity index (χ4v) is 3.38. The molecule has 1 aromatic carbocycles. The molecule has 0 aromatic heterocycles. The smallest absolute Gasteiger partial charge is 0.307 e. The summed E-state index contributed by atoms with van der Waals surface area (Å²) in [5.41, 5.74) is 0.499. The van der Waals surface area contributed by atoms with Crippen molar-refractivity contribution in [1.82, 2.24) is 4.90 Å². The van der Waals surface area contributed by atoms with Gasteiger partial charge >= 0.3 is 5.97 Å². The van der Waals surface area contributed by atoms with Gasteiger partial charge in [-0.1, -0.05) is 42.5 Å². The van der Waals surface area contributed by atoms with Crippen molar-refractivity contribution >= 4 is 35.1 Å². The van der Waals surface area contributed by atoms with Crippen LogP contribution in [0.5, 0.6) is 0 Å². The van der Waals surface area contributed by atoms with Gasteiger partial charge in [0.25, 0.3) is 5.91 Å². The van der Waals surface area contributed by atoms with Gasteiger partial charge in [-0.2, -0.15) is 0 Å². The number of carbonyl (C=O) groups is 2. The lowest BCUT2D eigenvalue weighted by molar-refractivity contribution is -0.143. The Hall–Kier alpha value is -1.26. The Morgan fingerprint density at radius 1 is 1.17 bits per heavy atom. The maximum Gasteiger partial charge on any atom is 0.307 e. The van der Waals surface area contributed by atoms with E-state index in [-0.39, 0.29) is 24.3 Å². The average Bonchev–Trinajstić information content (AvgIpc) is 2.58. The zero-order valence-corrected chi connectivity index (χ0v) is 15.4. The second kappa shape index (κ2) is 9.28. The van der Waals surface area contributed by atoms with Crippen molar-refractivity contribution in [3.8, 4) is 0 Å². The van der Waals surface area contributed by atoms with E-state index in [1.54, 1.807) is 30.0 Å². The summed E-state index contributed by atoms with van der Waals surface area (Å²) in [6.07, 6.45) is 5.55. The number of hydrogen-bond donors (Lipinski definition) is 0. The number of carbonyl (C=O) groups excluding carboxylic acids is 2. The molecule has 4 nitrogen and oxygen atoms in total. The fraction of sp³-hybridized carbons (Fsp3) is 0.556. The van der Waals surface area contributed by atoms with E-state index >= 15 is 0 Å². The highest BCUT2D eigenvalue weighted by molar-refractivity contribution is 6.42. The van der Waals surface area contributed by atoms with Crippen LogP contribution in [0.15, 0.2) is 18.2 Å². The standard InChI is InChI=1S/C18H23Cl2NO3/c1-2-24-17(22)10-11-21(14-6-4-3-5-7-14)18(23)13-8-9-15(19)16(20)12-13/h8-9,12,14H,2-7,10-11H2,1H3. The summed E-state index contributed by atoms with van der Waals surface area (Å²) < 4.78 is 4.98. The van der Waals surface area contributed by atoms with E-state index in [4.69, 9.17) is 27.9 Å². The number of nitrogens with zero attached hydrogens (tertiary/aromatic N) is 1. The molecule has 1 fully saturated rings. The SMILES string of the molecule is CCOC(=O)CCN(C(=O)c1ccc(Cl)c(Cl)c1)C1CCCCC1. The first-order valence-corrected chi connectivity index (χ1v) is 9.20. The molecule has 0 unspecified atom stereocenters. The van der Waals surface area contributed by atoms with Crippen LogP contribution >= 0.6 is 23.2 Å². The molecule has 1 aromatic rings. The first-order chi connectivity index (χ1) is 11.5. The predicted octanol–water partition coefficient (Wildman–Crippen LogP) is 4.72. The lowest BCUT2D eigenvalue weighted by Crippen LogP contribution is -2.42. The Labute approximate surface area is 153 Å². The highest BCUT2D eigenvalue weighted by Crippen LogP contribution is 2.27. The summed E-state index contributed by atoms with van der Waals surface area (Å²) in [5, 5.41) is 0.778. The number of halogens is 2. The van der Waals surface area contributed by atoms with Gasteiger partial charge in [0.1, 0.15) is 0 Å². The molecule has 0 saturated heterocycles. The molecule has 24 heavy (non-hydrogen) atoms. The maximum absolute atomic E-state index is 13.0. The predicted molar refractivity (Wildman–Crippen MR) is 95.6 cm³/mol. The third kappa shape index (κ3) is 5.12. The van der Waals surface area contributed by atoms with E-state index in [2.05, 4.69) is 0 Å². The molecule has 6 heteroatoms. The molecule has 0 spiro atoms. The fourth-order valence-electron chi connectivity index (χ4n) is 3.08. The first-order valence-electron chi connectivity index (χ1n) is 8.44. The number of esters is 1. The minimum absolute atomic E-state index is 0.107. The van der Waals surface area contributed by atoms with Crippen molar-refractivity contribution < 1.29 is 14.3 Å². The minimum atomic E-state index is -0.278. The van der Waals surface area contributed by atoms with Gasteiger partial charge in [0, 0.05) is 18.2 Å². The lowest BCUT2D eigenvalue weighted by Gasteiger charge is -2.34. The third-order valence-corrected chi connectivity index (χ3v) is 5.04. The largest absolute Gasteiger partial charge is 0.466 e. The lowest BCUT2D eigenvalue weighted by atomic mass is 9.93. The van der Waals surface area contributed by atoms with Crippen LogP contribution in [0.25, 0.3) is 0 Å². The van der Waals surface area contributed by atoms with Gasteiger partial charge in [0.2, 0.25) is 0 Å². The number of ether oxygens (including phenoxy) is 1. The summed E-state index contributed by atoms with van der Waals surface area (Å²) in [5.74, 6) is -0.384. The van der Waals surface area contributed by atoms with Crippen molar-refractivity contribution in [3.63, 3.8) is 0 Å². The van der Waals surface area contributed by atoms with E-state index < -0.39 is 0 Å². The molecular formula is C18H23Cl2NO3.